The van der Waals surface area contributed by atoms with Crippen molar-refractivity contribution in [2.24, 2.45) is 11.8 Å². The molecule has 2 aromatic rings. The predicted molar refractivity (Wildman–Crippen MR) is 97.1 cm³/mol. The Hall–Kier alpha value is -3.50. The zero-order valence-electron chi connectivity index (χ0n) is 15.5. The van der Waals surface area contributed by atoms with E-state index >= 15 is 0 Å². The Morgan fingerprint density at radius 2 is 1.80 bits per heavy atom. The molecule has 1 N–H and O–H groups in total. The number of nitrogens with one attached hydrogen (secondary N) is 1. The second kappa shape index (κ2) is 7.39. The quantitative estimate of drug-likeness (QED) is 0.605. The van der Waals surface area contributed by atoms with E-state index in [1.807, 2.05) is 12.2 Å². The van der Waals surface area contributed by atoms with Crippen molar-refractivity contribution in [3.8, 4) is 5.69 Å². The fourth-order valence-electron chi connectivity index (χ4n) is 3.70. The first-order chi connectivity index (χ1) is 14.3. The third kappa shape index (κ3) is 3.58. The molecular weight excluding hydrogens is 403 g/mol. The number of imide groups is 1. The Balaban J connectivity index is 1.57. The number of rotatable bonds is 4. The first-order valence-corrected chi connectivity index (χ1v) is 9.12. The number of halogens is 3. The van der Waals surface area contributed by atoms with E-state index in [1.165, 1.54) is 17.3 Å². The number of likely N-dealkylation sites (tertiary alicyclic amines) is 1. The van der Waals surface area contributed by atoms with Crippen LogP contribution in [-0.2, 0) is 20.6 Å². The van der Waals surface area contributed by atoms with Gasteiger partial charge in [0.15, 0.2) is 0 Å². The van der Waals surface area contributed by atoms with Gasteiger partial charge < -0.3 is 5.32 Å². The van der Waals surface area contributed by atoms with E-state index in [1.54, 1.807) is 0 Å². The number of aromatic nitrogens is 3. The normalized spacial score (nSPS) is 21.1. The molecule has 0 spiro atoms. The summed E-state index contributed by atoms with van der Waals surface area (Å²) >= 11 is 0. The minimum Gasteiger partial charge on any atom is -0.323 e. The van der Waals surface area contributed by atoms with Crippen LogP contribution >= 0.6 is 0 Å². The molecule has 2 aliphatic rings. The van der Waals surface area contributed by atoms with E-state index < -0.39 is 47.8 Å². The molecular formula is C19H16F3N5O3. The number of anilines is 1. The first kappa shape index (κ1) is 19.8. The lowest BCUT2D eigenvalue weighted by atomic mass is 9.85. The molecule has 0 unspecified atom stereocenters. The summed E-state index contributed by atoms with van der Waals surface area (Å²) in [5, 5.41) is 6.24. The highest BCUT2D eigenvalue weighted by Crippen LogP contribution is 2.35. The van der Waals surface area contributed by atoms with Crippen LogP contribution in [0.5, 0.6) is 0 Å². The molecule has 3 amide bonds. The maximum atomic E-state index is 13.1. The molecule has 4 rings (SSSR count). The molecule has 1 saturated heterocycles. The molecule has 11 heteroatoms. The van der Waals surface area contributed by atoms with E-state index in [-0.39, 0.29) is 11.4 Å². The summed E-state index contributed by atoms with van der Waals surface area (Å²) in [5.74, 6) is -2.65. The number of nitrogens with zero attached hydrogens (tertiary/aromatic N) is 4. The van der Waals surface area contributed by atoms with Crippen LogP contribution in [0.3, 0.4) is 0 Å². The van der Waals surface area contributed by atoms with Gasteiger partial charge in [-0.1, -0.05) is 12.2 Å². The lowest BCUT2D eigenvalue weighted by Gasteiger charge is -2.17. The van der Waals surface area contributed by atoms with Gasteiger partial charge in [-0.3, -0.25) is 19.3 Å². The number of carbonyl (C=O) groups excluding carboxylic acids is 3. The average Bonchev–Trinajstić information content (AvgIpc) is 3.31. The van der Waals surface area contributed by atoms with Gasteiger partial charge in [0.25, 0.3) is 0 Å². The highest BCUT2D eigenvalue weighted by atomic mass is 19.4. The summed E-state index contributed by atoms with van der Waals surface area (Å²) in [6.45, 7) is -0.572. The second-order valence-corrected chi connectivity index (χ2v) is 7.04. The summed E-state index contributed by atoms with van der Waals surface area (Å²) in [4.78, 5) is 42.2. The van der Waals surface area contributed by atoms with Gasteiger partial charge >= 0.3 is 6.18 Å². The smallest absolute Gasteiger partial charge is 0.323 e. The topological polar surface area (TPSA) is 97.2 Å². The van der Waals surface area contributed by atoms with Crippen molar-refractivity contribution < 1.29 is 27.6 Å². The molecule has 156 valence electrons. The van der Waals surface area contributed by atoms with Gasteiger partial charge in [0.2, 0.25) is 17.7 Å². The third-order valence-electron chi connectivity index (χ3n) is 5.16. The number of amides is 3. The van der Waals surface area contributed by atoms with Gasteiger partial charge in [0, 0.05) is 0 Å². The van der Waals surface area contributed by atoms with Crippen LogP contribution in [0.2, 0.25) is 0 Å². The van der Waals surface area contributed by atoms with Crippen molar-refractivity contribution >= 4 is 23.4 Å². The van der Waals surface area contributed by atoms with Crippen LogP contribution in [0.1, 0.15) is 18.4 Å². The number of fused-ring (bicyclic) bond motifs is 1. The van der Waals surface area contributed by atoms with Crippen molar-refractivity contribution in [1.29, 1.82) is 0 Å². The van der Waals surface area contributed by atoms with Crippen LogP contribution in [0.15, 0.2) is 43.0 Å². The highest BCUT2D eigenvalue weighted by molar-refractivity contribution is 6.09. The molecule has 2 atom stereocenters. The van der Waals surface area contributed by atoms with Gasteiger partial charge in [-0.05, 0) is 31.0 Å². The second-order valence-electron chi connectivity index (χ2n) is 7.04. The number of alkyl halides is 3. The molecule has 1 aromatic heterocycles. The van der Waals surface area contributed by atoms with E-state index in [0.717, 1.165) is 23.1 Å². The molecule has 30 heavy (non-hydrogen) atoms. The van der Waals surface area contributed by atoms with Gasteiger partial charge in [0.1, 0.15) is 19.2 Å². The largest absolute Gasteiger partial charge is 0.416 e. The fourth-order valence-corrected chi connectivity index (χ4v) is 3.70. The van der Waals surface area contributed by atoms with Gasteiger partial charge in [-0.15, -0.1) is 0 Å². The minimum absolute atomic E-state index is 0.158. The third-order valence-corrected chi connectivity index (χ3v) is 5.16. The zero-order chi connectivity index (χ0) is 21.5. The molecule has 1 aromatic carbocycles. The van der Waals surface area contributed by atoms with Gasteiger partial charge in [0.05, 0.1) is 28.8 Å². The van der Waals surface area contributed by atoms with Crippen molar-refractivity contribution in [3.05, 3.63) is 48.6 Å². The maximum absolute atomic E-state index is 13.1. The Kier molecular flexibility index (Phi) is 4.88. The van der Waals surface area contributed by atoms with Crippen molar-refractivity contribution in [2.75, 3.05) is 11.9 Å². The van der Waals surface area contributed by atoms with Crippen LogP contribution < -0.4 is 5.32 Å². The number of hydrogen-bond donors (Lipinski definition) is 1. The fraction of sp³-hybridized carbons (Fsp3) is 0.316. The van der Waals surface area contributed by atoms with Gasteiger partial charge in [-0.25, -0.2) is 9.67 Å². The predicted octanol–water partition coefficient (Wildman–Crippen LogP) is 2.18. The maximum Gasteiger partial charge on any atom is 0.416 e. The number of hydrogen-bond acceptors (Lipinski definition) is 5. The zero-order valence-corrected chi connectivity index (χ0v) is 15.5. The van der Waals surface area contributed by atoms with Gasteiger partial charge in [-0.2, -0.15) is 18.3 Å². The lowest BCUT2D eigenvalue weighted by molar-refractivity contribution is -0.142. The van der Waals surface area contributed by atoms with E-state index in [2.05, 4.69) is 15.4 Å². The molecule has 1 fully saturated rings. The molecule has 0 bridgehead atoms. The van der Waals surface area contributed by atoms with Crippen molar-refractivity contribution in [3.63, 3.8) is 0 Å². The molecule has 0 radical (unpaired) electrons. The van der Waals surface area contributed by atoms with Crippen LogP contribution in [-0.4, -0.2) is 43.9 Å². The minimum atomic E-state index is -4.62. The molecule has 1 aliphatic heterocycles. The highest BCUT2D eigenvalue weighted by Gasteiger charge is 2.47. The molecule has 1 aliphatic carbocycles. The van der Waals surface area contributed by atoms with Crippen LogP contribution in [0.25, 0.3) is 5.69 Å². The summed E-state index contributed by atoms with van der Waals surface area (Å²) in [6.07, 6.45) is 2.34. The standard InChI is InChI=1S/C19H16F3N5O3/c20-19(21,22)11-5-6-15(27-10-23-9-24-27)14(7-11)25-16(28)8-26-17(29)12-3-1-2-4-13(12)18(26)30/h1-2,5-7,9-10,12-13H,3-4,8H2,(H,25,28)/t12-,13-/m1/s1. The molecule has 0 saturated carbocycles. The monoisotopic (exact) mass is 419 g/mol. The van der Waals surface area contributed by atoms with E-state index in [9.17, 15) is 27.6 Å². The van der Waals surface area contributed by atoms with Crippen LogP contribution in [0, 0.1) is 11.8 Å². The Morgan fingerprint density at radius 1 is 1.13 bits per heavy atom. The molecule has 8 nitrogen and oxygen atoms in total. The Bertz CT molecular complexity index is 1010. The summed E-state index contributed by atoms with van der Waals surface area (Å²) in [5.41, 5.74) is -0.976. The number of allylic oxidation sites excluding steroid dienone is 2. The summed E-state index contributed by atoms with van der Waals surface area (Å²) in [6, 6.07) is 2.78. The van der Waals surface area contributed by atoms with Crippen molar-refractivity contribution in [1.82, 2.24) is 19.7 Å². The summed E-state index contributed by atoms with van der Waals surface area (Å²) in [7, 11) is 0. The number of carbonyl (C=O) groups is 3. The SMILES string of the molecule is O=C(CN1C(=O)[C@@H]2CC=CC[C@H]2C1=O)Nc1cc(C(F)(F)F)ccc1-n1cncn1. The Labute approximate surface area is 168 Å². The average molecular weight is 419 g/mol. The van der Waals surface area contributed by atoms with Crippen LogP contribution in [0.4, 0.5) is 18.9 Å². The first-order valence-electron chi connectivity index (χ1n) is 9.12. The van der Waals surface area contributed by atoms with Crippen molar-refractivity contribution in [2.45, 2.75) is 19.0 Å². The van der Waals surface area contributed by atoms with E-state index in [0.29, 0.717) is 12.8 Å². The molecule has 2 heterocycles. The summed E-state index contributed by atoms with van der Waals surface area (Å²) < 4.78 is 40.6. The van der Waals surface area contributed by atoms with E-state index in [4.69, 9.17) is 0 Å². The number of benzene rings is 1. The Morgan fingerprint density at radius 3 is 2.37 bits per heavy atom. The lowest BCUT2D eigenvalue weighted by Crippen LogP contribution is -2.38.